The summed E-state index contributed by atoms with van der Waals surface area (Å²) in [7, 11) is 0. The fourth-order valence-electron chi connectivity index (χ4n) is 2.39. The summed E-state index contributed by atoms with van der Waals surface area (Å²) in [6.45, 7) is 0.317. The van der Waals surface area contributed by atoms with Gasteiger partial charge in [0.2, 0.25) is 11.9 Å². The molecule has 0 aliphatic heterocycles. The number of nitrogens with two attached hydrogens (primary N) is 1. The lowest BCUT2D eigenvalue weighted by molar-refractivity contribution is 0.100. The van der Waals surface area contributed by atoms with Gasteiger partial charge >= 0.3 is 0 Å². The van der Waals surface area contributed by atoms with Gasteiger partial charge in [-0.1, -0.05) is 36.4 Å². The second-order valence-corrected chi connectivity index (χ2v) is 5.64. The van der Waals surface area contributed by atoms with Gasteiger partial charge in [0.05, 0.1) is 6.10 Å². The van der Waals surface area contributed by atoms with Crippen molar-refractivity contribution in [2.45, 2.75) is 6.10 Å². The van der Waals surface area contributed by atoms with Crippen LogP contribution in [0.2, 0.25) is 0 Å². The molecular formula is C19H19N5O2. The summed E-state index contributed by atoms with van der Waals surface area (Å²) in [5.74, 6) is 0.439. The number of hydrogen-bond donors (Lipinski definition) is 4. The number of amides is 1. The average molecular weight is 349 g/mol. The van der Waals surface area contributed by atoms with E-state index in [1.54, 1.807) is 36.5 Å². The van der Waals surface area contributed by atoms with Gasteiger partial charge in [0, 0.05) is 24.0 Å². The van der Waals surface area contributed by atoms with E-state index < -0.39 is 12.0 Å². The van der Waals surface area contributed by atoms with Crippen LogP contribution in [-0.2, 0) is 0 Å². The number of hydrogen-bond acceptors (Lipinski definition) is 6. The number of anilines is 3. The van der Waals surface area contributed by atoms with Crippen molar-refractivity contribution in [2.75, 3.05) is 17.2 Å². The molecule has 7 nitrogen and oxygen atoms in total. The van der Waals surface area contributed by atoms with Crippen molar-refractivity contribution in [3.63, 3.8) is 0 Å². The summed E-state index contributed by atoms with van der Waals surface area (Å²) in [5.41, 5.74) is 7.17. The molecule has 3 rings (SSSR count). The summed E-state index contributed by atoms with van der Waals surface area (Å²) in [6, 6.07) is 17.9. The molecule has 26 heavy (non-hydrogen) atoms. The smallest absolute Gasteiger partial charge is 0.248 e. The van der Waals surface area contributed by atoms with Crippen LogP contribution < -0.4 is 16.4 Å². The molecule has 5 N–H and O–H groups in total. The minimum absolute atomic E-state index is 0.317. The first kappa shape index (κ1) is 17.4. The van der Waals surface area contributed by atoms with E-state index in [1.165, 1.54) is 0 Å². The first-order valence-corrected chi connectivity index (χ1v) is 8.08. The first-order chi connectivity index (χ1) is 12.6. The largest absolute Gasteiger partial charge is 0.387 e. The van der Waals surface area contributed by atoms with E-state index in [-0.39, 0.29) is 0 Å². The van der Waals surface area contributed by atoms with E-state index in [9.17, 15) is 9.90 Å². The molecule has 1 aromatic heterocycles. The number of nitrogens with zero attached hydrogens (tertiary/aromatic N) is 2. The molecule has 3 aromatic rings. The summed E-state index contributed by atoms with van der Waals surface area (Å²) in [4.78, 5) is 19.8. The molecule has 1 atom stereocenters. The molecule has 1 unspecified atom stereocenters. The Labute approximate surface area is 150 Å². The third-order valence-corrected chi connectivity index (χ3v) is 3.72. The Morgan fingerprint density at radius 1 is 1.12 bits per heavy atom. The van der Waals surface area contributed by atoms with Gasteiger partial charge in [-0.2, -0.15) is 4.98 Å². The number of aliphatic hydroxyl groups excluding tert-OH is 1. The van der Waals surface area contributed by atoms with Gasteiger partial charge in [-0.25, -0.2) is 4.98 Å². The molecule has 0 saturated carbocycles. The summed E-state index contributed by atoms with van der Waals surface area (Å²) < 4.78 is 0. The number of carbonyl (C=O) groups is 1. The second kappa shape index (κ2) is 8.09. The number of aliphatic hydroxyl groups is 1. The molecule has 0 bridgehead atoms. The van der Waals surface area contributed by atoms with Crippen molar-refractivity contribution in [3.05, 3.63) is 78.0 Å². The van der Waals surface area contributed by atoms with Crippen molar-refractivity contribution in [1.29, 1.82) is 0 Å². The molecule has 0 radical (unpaired) electrons. The highest BCUT2D eigenvalue weighted by Crippen LogP contribution is 2.17. The van der Waals surface area contributed by atoms with Crippen LogP contribution in [0.5, 0.6) is 0 Å². The van der Waals surface area contributed by atoms with E-state index >= 15 is 0 Å². The predicted octanol–water partition coefficient (Wildman–Crippen LogP) is 2.46. The molecule has 1 amide bonds. The highest BCUT2D eigenvalue weighted by molar-refractivity contribution is 5.93. The Morgan fingerprint density at radius 2 is 1.92 bits per heavy atom. The van der Waals surface area contributed by atoms with E-state index in [0.717, 1.165) is 5.56 Å². The topological polar surface area (TPSA) is 113 Å². The Bertz CT molecular complexity index is 886. The van der Waals surface area contributed by atoms with Gasteiger partial charge in [0.15, 0.2) is 0 Å². The van der Waals surface area contributed by atoms with E-state index in [1.807, 2.05) is 30.3 Å². The summed E-state index contributed by atoms with van der Waals surface area (Å²) in [6.07, 6.45) is 0.958. The number of rotatable bonds is 7. The van der Waals surface area contributed by atoms with Crippen molar-refractivity contribution < 1.29 is 9.90 Å². The molecule has 2 aromatic carbocycles. The molecule has 132 valence electrons. The SMILES string of the molecule is NC(=O)c1cccc(Nc2nccc(NCC(O)c3ccccc3)n2)c1. The van der Waals surface area contributed by atoms with Crippen LogP contribution in [0.25, 0.3) is 0 Å². The van der Waals surface area contributed by atoms with Gasteiger partial charge in [0.25, 0.3) is 0 Å². The second-order valence-electron chi connectivity index (χ2n) is 5.64. The maximum absolute atomic E-state index is 11.3. The van der Waals surface area contributed by atoms with Gasteiger partial charge in [0.1, 0.15) is 5.82 Å². The monoisotopic (exact) mass is 349 g/mol. The van der Waals surface area contributed by atoms with E-state index in [4.69, 9.17) is 5.73 Å². The molecule has 7 heteroatoms. The van der Waals surface area contributed by atoms with Crippen LogP contribution in [0.1, 0.15) is 22.0 Å². The van der Waals surface area contributed by atoms with Crippen LogP contribution in [0.4, 0.5) is 17.5 Å². The van der Waals surface area contributed by atoms with Gasteiger partial charge in [-0.15, -0.1) is 0 Å². The molecule has 0 aliphatic rings. The van der Waals surface area contributed by atoms with Crippen molar-refractivity contribution in [3.8, 4) is 0 Å². The van der Waals surface area contributed by atoms with Crippen LogP contribution in [0.3, 0.4) is 0 Å². The lowest BCUT2D eigenvalue weighted by Gasteiger charge is -2.13. The Balaban J connectivity index is 1.65. The molecule has 0 aliphatic carbocycles. The number of nitrogens with one attached hydrogen (secondary N) is 2. The van der Waals surface area contributed by atoms with E-state index in [2.05, 4.69) is 20.6 Å². The van der Waals surface area contributed by atoms with Gasteiger partial charge < -0.3 is 21.5 Å². The number of benzene rings is 2. The lowest BCUT2D eigenvalue weighted by atomic mass is 10.1. The minimum Gasteiger partial charge on any atom is -0.387 e. The minimum atomic E-state index is -0.644. The molecular weight excluding hydrogens is 330 g/mol. The molecule has 1 heterocycles. The first-order valence-electron chi connectivity index (χ1n) is 8.08. The molecule has 0 spiro atoms. The average Bonchev–Trinajstić information content (AvgIpc) is 2.67. The quantitative estimate of drug-likeness (QED) is 0.521. The van der Waals surface area contributed by atoms with Gasteiger partial charge in [-0.05, 0) is 29.8 Å². The lowest BCUT2D eigenvalue weighted by Crippen LogP contribution is -2.13. The highest BCUT2D eigenvalue weighted by atomic mass is 16.3. The van der Waals surface area contributed by atoms with E-state index in [0.29, 0.717) is 29.6 Å². The van der Waals surface area contributed by atoms with Crippen LogP contribution in [-0.4, -0.2) is 27.5 Å². The summed E-state index contributed by atoms with van der Waals surface area (Å²) in [5, 5.41) is 16.3. The Morgan fingerprint density at radius 3 is 2.69 bits per heavy atom. The maximum Gasteiger partial charge on any atom is 0.248 e. The van der Waals surface area contributed by atoms with Crippen molar-refractivity contribution in [1.82, 2.24) is 9.97 Å². The van der Waals surface area contributed by atoms with Gasteiger partial charge in [-0.3, -0.25) is 4.79 Å². The molecule has 0 fully saturated rings. The van der Waals surface area contributed by atoms with Crippen LogP contribution in [0.15, 0.2) is 66.9 Å². The van der Waals surface area contributed by atoms with Crippen LogP contribution in [0, 0.1) is 0 Å². The number of primary amides is 1. The maximum atomic E-state index is 11.3. The predicted molar refractivity (Wildman–Crippen MR) is 100 cm³/mol. The third-order valence-electron chi connectivity index (χ3n) is 3.72. The normalized spacial score (nSPS) is 11.6. The highest BCUT2D eigenvalue weighted by Gasteiger charge is 2.08. The fourth-order valence-corrected chi connectivity index (χ4v) is 2.39. The number of aromatic nitrogens is 2. The zero-order chi connectivity index (χ0) is 18.4. The number of carbonyl (C=O) groups excluding carboxylic acids is 1. The van der Waals surface area contributed by atoms with Crippen LogP contribution >= 0.6 is 0 Å². The third kappa shape index (κ3) is 4.55. The fraction of sp³-hybridized carbons (Fsp3) is 0.105. The summed E-state index contributed by atoms with van der Waals surface area (Å²) >= 11 is 0. The Hall–Kier alpha value is -3.45. The molecule has 0 saturated heterocycles. The zero-order valence-electron chi connectivity index (χ0n) is 14.0. The Kier molecular flexibility index (Phi) is 5.40. The van der Waals surface area contributed by atoms with Crippen molar-refractivity contribution >= 4 is 23.4 Å². The van der Waals surface area contributed by atoms with Crippen molar-refractivity contribution in [2.24, 2.45) is 5.73 Å². The zero-order valence-corrected chi connectivity index (χ0v) is 14.0. The standard InChI is InChI=1S/C19H19N5O2/c20-18(26)14-7-4-8-15(11-14)23-19-21-10-9-17(24-19)22-12-16(25)13-5-2-1-3-6-13/h1-11,16,25H,12H2,(H2,20,26)(H2,21,22,23,24).